The Kier molecular flexibility index (Phi) is 2.37. The molecule has 0 unspecified atom stereocenters. The van der Waals surface area contributed by atoms with Gasteiger partial charge in [0.25, 0.3) is 0 Å². The molecule has 0 atom stereocenters. The van der Waals surface area contributed by atoms with Crippen molar-refractivity contribution in [2.75, 3.05) is 0 Å². The van der Waals surface area contributed by atoms with Crippen LogP contribution in [0.25, 0.3) is 10.9 Å². The molecule has 2 aromatic rings. The van der Waals surface area contributed by atoms with Gasteiger partial charge in [0.05, 0.1) is 5.56 Å². The monoisotopic (exact) mass is 210 g/mol. The van der Waals surface area contributed by atoms with Gasteiger partial charge in [-0.15, -0.1) is 0 Å². The van der Waals surface area contributed by atoms with Gasteiger partial charge < -0.3 is 9.72 Å². The number of carbonyl (C=O) groups excluding carboxylic acids is 1. The van der Waals surface area contributed by atoms with Gasteiger partial charge in [-0.25, -0.2) is 0 Å². The molecule has 3 nitrogen and oxygen atoms in total. The van der Waals surface area contributed by atoms with E-state index in [0.29, 0.717) is 16.5 Å². The largest absolute Gasteiger partial charge is 0.435 e. The van der Waals surface area contributed by atoms with Gasteiger partial charge in [-0.1, -0.05) is 0 Å². The molecular weight excluding hydrogens is 204 g/mol. The summed E-state index contributed by atoms with van der Waals surface area (Å²) in [5.41, 5.74) is 0.931. The van der Waals surface area contributed by atoms with Gasteiger partial charge in [0.1, 0.15) is 5.75 Å². The molecule has 1 N–H and O–H groups in total. The van der Waals surface area contributed by atoms with Crippen LogP contribution in [0.15, 0.2) is 24.4 Å². The molecule has 1 aromatic carbocycles. The first kappa shape index (κ1) is 9.64. The van der Waals surface area contributed by atoms with Crippen molar-refractivity contribution in [2.45, 2.75) is 6.61 Å². The molecule has 0 fully saturated rings. The normalized spacial score (nSPS) is 10.9. The molecule has 15 heavy (non-hydrogen) atoms. The number of aromatic amines is 1. The quantitative estimate of drug-likeness (QED) is 0.843. The molecule has 0 spiro atoms. The Morgan fingerprint density at radius 2 is 2.20 bits per heavy atom. The average molecular weight is 210 g/mol. The average Bonchev–Trinajstić information content (AvgIpc) is 2.58. The smallest absolute Gasteiger partial charge is 0.387 e. The van der Waals surface area contributed by atoms with Crippen LogP contribution in [0.1, 0.15) is 5.56 Å². The van der Waals surface area contributed by atoms with E-state index in [1.807, 2.05) is 0 Å². The fourth-order valence-corrected chi connectivity index (χ4v) is 1.37. The van der Waals surface area contributed by atoms with Crippen molar-refractivity contribution in [3.63, 3.8) is 0 Å². The summed E-state index contributed by atoms with van der Waals surface area (Å²) in [6.07, 6.45) is 3.20. The summed E-state index contributed by atoms with van der Waals surface area (Å²) in [6, 6.07) is 4.31. The van der Waals surface area contributed by atoms with Crippen molar-refractivity contribution in [1.82, 2.24) is 4.98 Å². The Morgan fingerprint density at radius 3 is 2.87 bits per heavy atom. The van der Waals surface area contributed by atoms with Crippen LogP contribution in [0, 0.1) is 0 Å². The van der Waals surface area contributed by atoms with Gasteiger partial charge in [-0.2, -0.15) is 8.78 Å². The number of benzene rings is 1. The van der Waals surface area contributed by atoms with Crippen molar-refractivity contribution in [1.29, 1.82) is 0 Å². The summed E-state index contributed by atoms with van der Waals surface area (Å²) in [7, 11) is 0. The third-order valence-electron chi connectivity index (χ3n) is 1.99. The number of nitrogens with one attached hydrogen (secondary N) is 1. The predicted octanol–water partition coefficient (Wildman–Crippen LogP) is 2.23. The van der Waals surface area contributed by atoms with E-state index in [0.717, 1.165) is 0 Å². The van der Waals surface area contributed by atoms with Crippen LogP contribution in [0.3, 0.4) is 0 Å². The third-order valence-corrected chi connectivity index (χ3v) is 1.99. The first-order valence-electron chi connectivity index (χ1n) is 4.15. The van der Waals surface area contributed by atoms with E-state index < -0.39 is 6.61 Å². The van der Waals surface area contributed by atoms with Crippen molar-refractivity contribution in [3.8, 4) is 5.75 Å². The summed E-state index contributed by atoms with van der Waals surface area (Å²) in [5.74, 6) is 0.0526. The molecule has 0 saturated carbocycles. The lowest BCUT2D eigenvalue weighted by molar-refractivity contribution is -0.0497. The standard InChI is InChI=1S/C10H6F2NO2/c11-10(12)15-7-1-2-8-6(5-14)4-13-9(8)3-7/h1-4,10,13H. The molecule has 0 aliphatic carbocycles. The molecular formula is C10H6F2NO2. The Morgan fingerprint density at radius 1 is 1.40 bits per heavy atom. The number of hydrogen-bond donors (Lipinski definition) is 1. The fourth-order valence-electron chi connectivity index (χ4n) is 1.37. The van der Waals surface area contributed by atoms with E-state index in [2.05, 4.69) is 9.72 Å². The van der Waals surface area contributed by atoms with Gasteiger partial charge in [-0.3, -0.25) is 4.79 Å². The molecule has 0 saturated heterocycles. The number of halogens is 2. The molecule has 0 amide bonds. The minimum atomic E-state index is -2.85. The minimum Gasteiger partial charge on any atom is -0.435 e. The number of alkyl halides is 2. The van der Waals surface area contributed by atoms with Crippen LogP contribution in [-0.2, 0) is 4.79 Å². The van der Waals surface area contributed by atoms with Crippen LogP contribution in [-0.4, -0.2) is 17.9 Å². The maximum absolute atomic E-state index is 11.9. The molecule has 77 valence electrons. The van der Waals surface area contributed by atoms with Gasteiger partial charge >= 0.3 is 6.61 Å². The maximum Gasteiger partial charge on any atom is 0.387 e. The second-order valence-corrected chi connectivity index (χ2v) is 2.89. The Balaban J connectivity index is 2.44. The minimum absolute atomic E-state index is 0.0526. The van der Waals surface area contributed by atoms with E-state index >= 15 is 0 Å². The highest BCUT2D eigenvalue weighted by atomic mass is 19.3. The lowest BCUT2D eigenvalue weighted by Gasteiger charge is -2.03. The molecule has 0 aliphatic heterocycles. The summed E-state index contributed by atoms with van der Waals surface area (Å²) in [6.45, 7) is -2.85. The molecule has 0 aliphatic rings. The predicted molar refractivity (Wildman–Crippen MR) is 49.7 cm³/mol. The zero-order chi connectivity index (χ0) is 10.8. The Bertz CT molecular complexity index is 493. The maximum atomic E-state index is 11.9. The highest BCUT2D eigenvalue weighted by molar-refractivity contribution is 5.97. The van der Waals surface area contributed by atoms with E-state index in [1.54, 1.807) is 6.29 Å². The lowest BCUT2D eigenvalue weighted by Crippen LogP contribution is -2.01. The van der Waals surface area contributed by atoms with E-state index in [4.69, 9.17) is 0 Å². The van der Waals surface area contributed by atoms with Gasteiger partial charge in [-0.05, 0) is 12.1 Å². The molecule has 1 aromatic heterocycles. The number of rotatable bonds is 3. The summed E-state index contributed by atoms with van der Waals surface area (Å²) in [4.78, 5) is 13.2. The highest BCUT2D eigenvalue weighted by Gasteiger charge is 2.07. The SMILES string of the molecule is O=[C]c1c[nH]c2cc(OC(F)F)ccc12. The third kappa shape index (κ3) is 1.81. The fraction of sp³-hybridized carbons (Fsp3) is 0.100. The van der Waals surface area contributed by atoms with Gasteiger partial charge in [0.2, 0.25) is 6.29 Å². The number of fused-ring (bicyclic) bond motifs is 1. The second-order valence-electron chi connectivity index (χ2n) is 2.89. The zero-order valence-electron chi connectivity index (χ0n) is 7.46. The van der Waals surface area contributed by atoms with Crippen molar-refractivity contribution >= 4 is 17.2 Å². The lowest BCUT2D eigenvalue weighted by atomic mass is 10.2. The van der Waals surface area contributed by atoms with Gasteiger partial charge in [0.15, 0.2) is 0 Å². The highest BCUT2D eigenvalue weighted by Crippen LogP contribution is 2.23. The van der Waals surface area contributed by atoms with Gasteiger partial charge in [0, 0.05) is 23.2 Å². The van der Waals surface area contributed by atoms with Crippen LogP contribution < -0.4 is 4.74 Å². The first-order valence-corrected chi connectivity index (χ1v) is 4.15. The van der Waals surface area contributed by atoms with Crippen molar-refractivity contribution < 1.29 is 18.3 Å². The topological polar surface area (TPSA) is 42.1 Å². The number of H-pyrrole nitrogens is 1. The van der Waals surface area contributed by atoms with Crippen LogP contribution in [0.2, 0.25) is 0 Å². The van der Waals surface area contributed by atoms with E-state index in [-0.39, 0.29) is 5.75 Å². The summed E-state index contributed by atoms with van der Waals surface area (Å²) >= 11 is 0. The zero-order valence-corrected chi connectivity index (χ0v) is 7.46. The summed E-state index contributed by atoms with van der Waals surface area (Å²) in [5, 5.41) is 0.631. The molecule has 2 rings (SSSR count). The second kappa shape index (κ2) is 3.68. The van der Waals surface area contributed by atoms with Crippen LogP contribution in [0.4, 0.5) is 8.78 Å². The Labute approximate surface area is 83.7 Å². The van der Waals surface area contributed by atoms with E-state index in [1.165, 1.54) is 24.4 Å². The Hall–Kier alpha value is -1.91. The van der Waals surface area contributed by atoms with Crippen molar-refractivity contribution in [3.05, 3.63) is 30.0 Å². The number of hydrogen-bond acceptors (Lipinski definition) is 2. The number of aromatic nitrogens is 1. The molecule has 5 heteroatoms. The number of ether oxygens (including phenoxy) is 1. The molecule has 0 bridgehead atoms. The summed E-state index contributed by atoms with van der Waals surface area (Å²) < 4.78 is 28.0. The van der Waals surface area contributed by atoms with E-state index in [9.17, 15) is 13.6 Å². The van der Waals surface area contributed by atoms with Crippen LogP contribution in [0.5, 0.6) is 5.75 Å². The molecule has 1 heterocycles. The van der Waals surface area contributed by atoms with Crippen LogP contribution >= 0.6 is 0 Å². The first-order chi connectivity index (χ1) is 7.20. The van der Waals surface area contributed by atoms with Crippen molar-refractivity contribution in [2.24, 2.45) is 0 Å². The molecule has 1 radical (unpaired) electrons.